The molecule has 114 valence electrons. The number of amides is 1. The molecule has 1 aliphatic carbocycles. The number of fused-ring (bicyclic) bond motifs is 1. The van der Waals surface area contributed by atoms with Crippen LogP contribution in [0.5, 0.6) is 0 Å². The van der Waals surface area contributed by atoms with Crippen LogP contribution in [0.15, 0.2) is 0 Å². The normalized spacial score (nSPS) is 31.8. The molecule has 1 aliphatic heterocycles. The van der Waals surface area contributed by atoms with Gasteiger partial charge in [-0.3, -0.25) is 4.79 Å². The molecule has 5 heteroatoms. The number of hydrogen-bond acceptors (Lipinski definition) is 3. The van der Waals surface area contributed by atoms with E-state index in [2.05, 4.69) is 0 Å². The number of aliphatic carboxylic acids is 1. The van der Waals surface area contributed by atoms with E-state index in [1.165, 1.54) is 0 Å². The molecular formula is C15H26N2O3. The topological polar surface area (TPSA) is 83.6 Å². The number of hydrogen-bond donors (Lipinski definition) is 2. The van der Waals surface area contributed by atoms with Crippen molar-refractivity contribution in [3.63, 3.8) is 0 Å². The first kappa shape index (κ1) is 15.3. The Kier molecular flexibility index (Phi) is 4.09. The third-order valence-corrected chi connectivity index (χ3v) is 4.83. The Balaban J connectivity index is 2.25. The lowest BCUT2D eigenvalue weighted by atomic mass is 9.83. The number of nitrogens with zero attached hydrogens (tertiary/aromatic N) is 1. The average molecular weight is 282 g/mol. The summed E-state index contributed by atoms with van der Waals surface area (Å²) in [7, 11) is 0. The van der Waals surface area contributed by atoms with Crippen LogP contribution >= 0.6 is 0 Å². The van der Waals surface area contributed by atoms with Gasteiger partial charge < -0.3 is 15.7 Å². The lowest BCUT2D eigenvalue weighted by molar-refractivity contribution is -0.151. The van der Waals surface area contributed by atoms with Crippen LogP contribution in [0.1, 0.15) is 52.9 Å². The maximum absolute atomic E-state index is 12.7. The van der Waals surface area contributed by atoms with Gasteiger partial charge in [-0.1, -0.05) is 33.6 Å². The second-order valence-electron chi connectivity index (χ2n) is 7.29. The maximum atomic E-state index is 12.7. The third-order valence-electron chi connectivity index (χ3n) is 4.83. The second-order valence-corrected chi connectivity index (χ2v) is 7.29. The number of carbonyl (C=O) groups is 2. The number of likely N-dealkylation sites (tertiary alicyclic amines) is 1. The minimum atomic E-state index is -0.895. The monoisotopic (exact) mass is 282 g/mol. The molecule has 1 amide bonds. The molecule has 0 spiro atoms. The van der Waals surface area contributed by atoms with E-state index in [4.69, 9.17) is 5.73 Å². The summed E-state index contributed by atoms with van der Waals surface area (Å²) < 4.78 is 0. The van der Waals surface area contributed by atoms with Gasteiger partial charge in [0.15, 0.2) is 0 Å². The molecule has 2 aliphatic rings. The van der Waals surface area contributed by atoms with Crippen molar-refractivity contribution in [2.24, 2.45) is 17.1 Å². The van der Waals surface area contributed by atoms with E-state index >= 15 is 0 Å². The summed E-state index contributed by atoms with van der Waals surface area (Å²) in [5.74, 6) is -0.755. The van der Waals surface area contributed by atoms with Gasteiger partial charge in [-0.25, -0.2) is 4.79 Å². The Bertz CT molecular complexity index is 402. The highest BCUT2D eigenvalue weighted by Crippen LogP contribution is 2.40. The van der Waals surface area contributed by atoms with Crippen molar-refractivity contribution in [1.82, 2.24) is 4.90 Å². The Morgan fingerprint density at radius 2 is 1.85 bits per heavy atom. The molecule has 1 heterocycles. The summed E-state index contributed by atoms with van der Waals surface area (Å²) >= 11 is 0. The molecule has 0 bridgehead atoms. The van der Waals surface area contributed by atoms with Gasteiger partial charge in [0, 0.05) is 6.04 Å². The highest BCUT2D eigenvalue weighted by atomic mass is 16.4. The van der Waals surface area contributed by atoms with Crippen LogP contribution in [0.4, 0.5) is 0 Å². The van der Waals surface area contributed by atoms with Gasteiger partial charge in [0.05, 0.1) is 6.04 Å². The van der Waals surface area contributed by atoms with Crippen LogP contribution in [0.3, 0.4) is 0 Å². The van der Waals surface area contributed by atoms with Crippen molar-refractivity contribution >= 4 is 11.9 Å². The molecule has 0 aromatic rings. The molecule has 4 unspecified atom stereocenters. The van der Waals surface area contributed by atoms with E-state index in [0.29, 0.717) is 12.3 Å². The standard InChI is InChI=1S/C15H26N2O3/c1-15(2,3)12(16)13(18)17-10-7-5-4-6-9(10)8-11(17)14(19)20/h9-12H,4-8,16H2,1-3H3,(H,19,20). The van der Waals surface area contributed by atoms with Crippen LogP contribution < -0.4 is 5.73 Å². The Morgan fingerprint density at radius 3 is 2.40 bits per heavy atom. The van der Waals surface area contributed by atoms with Gasteiger partial charge >= 0.3 is 5.97 Å². The van der Waals surface area contributed by atoms with Crippen molar-refractivity contribution in [1.29, 1.82) is 0 Å². The van der Waals surface area contributed by atoms with Crippen LogP contribution in [-0.2, 0) is 9.59 Å². The van der Waals surface area contributed by atoms with Crippen LogP contribution in [0, 0.1) is 11.3 Å². The first-order chi connectivity index (χ1) is 9.23. The fraction of sp³-hybridized carbons (Fsp3) is 0.867. The zero-order chi connectivity index (χ0) is 15.1. The largest absolute Gasteiger partial charge is 0.480 e. The second kappa shape index (κ2) is 5.35. The smallest absolute Gasteiger partial charge is 0.326 e. The summed E-state index contributed by atoms with van der Waals surface area (Å²) in [6.07, 6.45) is 4.74. The van der Waals surface area contributed by atoms with Crippen LogP contribution in [-0.4, -0.2) is 40.0 Å². The number of nitrogens with two attached hydrogens (primary N) is 1. The molecular weight excluding hydrogens is 256 g/mol. The number of rotatable bonds is 2. The van der Waals surface area contributed by atoms with Gasteiger partial charge in [0.2, 0.25) is 5.91 Å². The zero-order valence-corrected chi connectivity index (χ0v) is 12.6. The lowest BCUT2D eigenvalue weighted by Crippen LogP contribution is -2.56. The number of carboxylic acids is 1. The minimum Gasteiger partial charge on any atom is -0.480 e. The van der Waals surface area contributed by atoms with Crippen LogP contribution in [0.2, 0.25) is 0 Å². The SMILES string of the molecule is CC(C)(C)C(N)C(=O)N1C(C(=O)O)CC2CCCCC21. The molecule has 0 aromatic heterocycles. The first-order valence-electron chi connectivity index (χ1n) is 7.54. The van der Waals surface area contributed by atoms with Crippen molar-refractivity contribution in [3.05, 3.63) is 0 Å². The zero-order valence-electron chi connectivity index (χ0n) is 12.6. The first-order valence-corrected chi connectivity index (χ1v) is 7.54. The molecule has 2 fully saturated rings. The van der Waals surface area contributed by atoms with Crippen molar-refractivity contribution in [2.75, 3.05) is 0 Å². The predicted molar refractivity (Wildman–Crippen MR) is 76.1 cm³/mol. The maximum Gasteiger partial charge on any atom is 0.326 e. The Hall–Kier alpha value is -1.10. The number of carboxylic acid groups (broad SMARTS) is 1. The quantitative estimate of drug-likeness (QED) is 0.806. The van der Waals surface area contributed by atoms with E-state index in [-0.39, 0.29) is 17.4 Å². The third kappa shape index (κ3) is 2.68. The molecule has 0 radical (unpaired) electrons. The van der Waals surface area contributed by atoms with E-state index in [9.17, 15) is 14.7 Å². The minimum absolute atomic E-state index is 0.0748. The summed E-state index contributed by atoms with van der Waals surface area (Å²) in [6, 6.07) is -1.26. The molecule has 3 N–H and O–H groups in total. The van der Waals surface area contributed by atoms with Crippen molar-refractivity contribution < 1.29 is 14.7 Å². The van der Waals surface area contributed by atoms with Crippen molar-refractivity contribution in [2.45, 2.75) is 71.0 Å². The summed E-state index contributed by atoms with van der Waals surface area (Å²) in [6.45, 7) is 5.75. The highest BCUT2D eigenvalue weighted by molar-refractivity contribution is 5.88. The summed E-state index contributed by atoms with van der Waals surface area (Å²) in [5.41, 5.74) is 5.72. The van der Waals surface area contributed by atoms with Gasteiger partial charge in [-0.05, 0) is 30.6 Å². The molecule has 1 saturated carbocycles. The molecule has 1 saturated heterocycles. The van der Waals surface area contributed by atoms with Gasteiger partial charge in [-0.15, -0.1) is 0 Å². The fourth-order valence-electron chi connectivity index (χ4n) is 3.53. The van der Waals surface area contributed by atoms with E-state index in [0.717, 1.165) is 25.7 Å². The molecule has 2 rings (SSSR count). The van der Waals surface area contributed by atoms with Gasteiger partial charge in [0.1, 0.15) is 6.04 Å². The Labute approximate surface area is 120 Å². The van der Waals surface area contributed by atoms with Crippen LogP contribution in [0.25, 0.3) is 0 Å². The molecule has 4 atom stereocenters. The molecule has 5 nitrogen and oxygen atoms in total. The highest BCUT2D eigenvalue weighted by Gasteiger charge is 2.49. The summed E-state index contributed by atoms with van der Waals surface area (Å²) in [5, 5.41) is 9.43. The van der Waals surface area contributed by atoms with E-state index in [1.54, 1.807) is 4.90 Å². The van der Waals surface area contributed by atoms with Gasteiger partial charge in [-0.2, -0.15) is 0 Å². The predicted octanol–water partition coefficient (Wildman–Crippen LogP) is 1.60. The fourth-order valence-corrected chi connectivity index (χ4v) is 3.53. The summed E-state index contributed by atoms with van der Waals surface area (Å²) in [4.78, 5) is 25.8. The lowest BCUT2D eigenvalue weighted by Gasteiger charge is -2.37. The van der Waals surface area contributed by atoms with Gasteiger partial charge in [0.25, 0.3) is 0 Å². The van der Waals surface area contributed by atoms with E-state index < -0.39 is 18.1 Å². The van der Waals surface area contributed by atoms with E-state index in [1.807, 2.05) is 20.8 Å². The average Bonchev–Trinajstić information content (AvgIpc) is 2.75. The Morgan fingerprint density at radius 1 is 1.25 bits per heavy atom. The number of carbonyl (C=O) groups excluding carboxylic acids is 1. The molecule has 20 heavy (non-hydrogen) atoms. The van der Waals surface area contributed by atoms with Crippen molar-refractivity contribution in [3.8, 4) is 0 Å². The molecule has 0 aromatic carbocycles.